The zero-order chi connectivity index (χ0) is 9.40. The molecule has 0 unspecified atom stereocenters. The number of hydrogen-bond donors (Lipinski definition) is 0. The molecule has 0 radical (unpaired) electrons. The van der Waals surface area contributed by atoms with Gasteiger partial charge in [0.15, 0.2) is 6.29 Å². The van der Waals surface area contributed by atoms with E-state index in [0.717, 1.165) is 0 Å². The Labute approximate surface area is 73.1 Å². The highest BCUT2D eigenvalue weighted by Crippen LogP contribution is 2.03. The van der Waals surface area contributed by atoms with Crippen LogP contribution in [0.25, 0.3) is 0 Å². The molecule has 0 spiro atoms. The highest BCUT2D eigenvalue weighted by Gasteiger charge is 2.03. The van der Waals surface area contributed by atoms with Crippen LogP contribution in [-0.4, -0.2) is 34.7 Å². The van der Waals surface area contributed by atoms with E-state index in [2.05, 4.69) is 0 Å². The first kappa shape index (κ1) is 11.3. The average molecular weight is 176 g/mol. The third-order valence-electron chi connectivity index (χ3n) is 1.41. The molecule has 0 saturated carbocycles. The molecule has 0 aliphatic heterocycles. The molecule has 0 aliphatic carbocycles. The van der Waals surface area contributed by atoms with Crippen LogP contribution in [0, 0.1) is 0 Å². The van der Waals surface area contributed by atoms with Crippen LogP contribution >= 0.6 is 0 Å². The lowest BCUT2D eigenvalue weighted by atomic mass is 10.4. The van der Waals surface area contributed by atoms with Crippen molar-refractivity contribution in [3.63, 3.8) is 0 Å². The molecular formula is C8H16O4. The molecule has 0 aromatic heterocycles. The van der Waals surface area contributed by atoms with Crippen LogP contribution in [-0.2, 0) is 18.9 Å². The van der Waals surface area contributed by atoms with Crippen LogP contribution in [0.4, 0.5) is 0 Å². The Kier molecular flexibility index (Phi) is 6.51. The highest BCUT2D eigenvalue weighted by molar-refractivity contribution is 4.83. The summed E-state index contributed by atoms with van der Waals surface area (Å²) >= 11 is 0. The van der Waals surface area contributed by atoms with Gasteiger partial charge in [0.2, 0.25) is 0 Å². The van der Waals surface area contributed by atoms with Crippen molar-refractivity contribution < 1.29 is 18.9 Å². The summed E-state index contributed by atoms with van der Waals surface area (Å²) in [5.74, 6) is 0.467. The van der Waals surface area contributed by atoms with Gasteiger partial charge in [0.05, 0.1) is 14.2 Å². The second-order valence-corrected chi connectivity index (χ2v) is 2.07. The Balaban J connectivity index is 3.81. The van der Waals surface area contributed by atoms with E-state index >= 15 is 0 Å². The lowest BCUT2D eigenvalue weighted by Gasteiger charge is -2.11. The Morgan fingerprint density at radius 1 is 1.08 bits per heavy atom. The Morgan fingerprint density at radius 3 is 1.92 bits per heavy atom. The van der Waals surface area contributed by atoms with Crippen LogP contribution in [0.15, 0.2) is 12.0 Å². The monoisotopic (exact) mass is 176 g/mol. The SMILES string of the molecule is COC(=CCC(OC)OC)OC. The maximum atomic E-state index is 4.96. The fourth-order valence-electron chi connectivity index (χ4n) is 0.731. The van der Waals surface area contributed by atoms with Gasteiger partial charge < -0.3 is 18.9 Å². The van der Waals surface area contributed by atoms with Crippen molar-refractivity contribution in [2.45, 2.75) is 12.7 Å². The first-order valence-electron chi connectivity index (χ1n) is 3.62. The average Bonchev–Trinajstić information content (AvgIpc) is 2.13. The molecular weight excluding hydrogens is 160 g/mol. The third-order valence-corrected chi connectivity index (χ3v) is 1.41. The summed E-state index contributed by atoms with van der Waals surface area (Å²) in [6.07, 6.45) is 2.12. The molecule has 0 amide bonds. The highest BCUT2D eigenvalue weighted by atomic mass is 16.7. The van der Waals surface area contributed by atoms with E-state index in [1.807, 2.05) is 0 Å². The summed E-state index contributed by atoms with van der Waals surface area (Å²) in [6.45, 7) is 0. The predicted molar refractivity (Wildman–Crippen MR) is 44.5 cm³/mol. The third kappa shape index (κ3) is 4.20. The molecule has 12 heavy (non-hydrogen) atoms. The molecule has 0 aliphatic rings. The van der Waals surface area contributed by atoms with Crippen molar-refractivity contribution in [3.05, 3.63) is 12.0 Å². The summed E-state index contributed by atoms with van der Waals surface area (Å²) in [4.78, 5) is 0. The minimum absolute atomic E-state index is 0.245. The van der Waals surface area contributed by atoms with Crippen LogP contribution < -0.4 is 0 Å². The van der Waals surface area contributed by atoms with E-state index in [1.165, 1.54) is 0 Å². The van der Waals surface area contributed by atoms with E-state index in [1.54, 1.807) is 34.5 Å². The van der Waals surface area contributed by atoms with Gasteiger partial charge in [0, 0.05) is 26.7 Å². The van der Waals surface area contributed by atoms with Gasteiger partial charge in [-0.25, -0.2) is 0 Å². The lowest BCUT2D eigenvalue weighted by Crippen LogP contribution is -2.11. The Morgan fingerprint density at radius 2 is 1.58 bits per heavy atom. The molecule has 72 valence electrons. The topological polar surface area (TPSA) is 36.9 Å². The molecule has 0 aromatic rings. The standard InChI is InChI=1S/C8H16O4/c1-9-7(10-2)5-6-8(11-3)12-4/h5,8H,6H2,1-4H3. The van der Waals surface area contributed by atoms with Gasteiger partial charge in [-0.1, -0.05) is 0 Å². The number of methoxy groups -OCH3 is 4. The first-order chi connectivity index (χ1) is 5.78. The zero-order valence-electron chi connectivity index (χ0n) is 7.99. The van der Waals surface area contributed by atoms with Gasteiger partial charge in [-0.3, -0.25) is 0 Å². The largest absolute Gasteiger partial charge is 0.469 e. The summed E-state index contributed by atoms with van der Waals surface area (Å²) in [7, 11) is 6.26. The second-order valence-electron chi connectivity index (χ2n) is 2.07. The van der Waals surface area contributed by atoms with Crippen LogP contribution in [0.3, 0.4) is 0 Å². The zero-order valence-corrected chi connectivity index (χ0v) is 7.99. The summed E-state index contributed by atoms with van der Waals surface area (Å²) in [5.41, 5.74) is 0. The minimum Gasteiger partial charge on any atom is -0.469 e. The Hall–Kier alpha value is -0.740. The molecule has 0 bridgehead atoms. The van der Waals surface area contributed by atoms with E-state index in [-0.39, 0.29) is 6.29 Å². The molecule has 4 heteroatoms. The van der Waals surface area contributed by atoms with Gasteiger partial charge in [-0.15, -0.1) is 0 Å². The van der Waals surface area contributed by atoms with Crippen molar-refractivity contribution in [1.82, 2.24) is 0 Å². The lowest BCUT2D eigenvalue weighted by molar-refractivity contribution is -0.0996. The maximum Gasteiger partial charge on any atom is 0.274 e. The van der Waals surface area contributed by atoms with Crippen molar-refractivity contribution in [2.75, 3.05) is 28.4 Å². The van der Waals surface area contributed by atoms with Crippen LogP contribution in [0.5, 0.6) is 0 Å². The molecule has 0 saturated heterocycles. The van der Waals surface area contributed by atoms with Crippen molar-refractivity contribution in [2.24, 2.45) is 0 Å². The predicted octanol–water partition coefficient (Wildman–Crippen LogP) is 1.13. The number of ether oxygens (including phenoxy) is 4. The normalized spacial score (nSPS) is 9.75. The summed E-state index contributed by atoms with van der Waals surface area (Å²) in [6, 6.07) is 0. The molecule has 0 rings (SSSR count). The minimum atomic E-state index is -0.245. The second kappa shape index (κ2) is 6.94. The molecule has 0 N–H and O–H groups in total. The fraction of sp³-hybridized carbons (Fsp3) is 0.750. The van der Waals surface area contributed by atoms with Gasteiger partial charge in [-0.2, -0.15) is 0 Å². The maximum absolute atomic E-state index is 4.96. The van der Waals surface area contributed by atoms with Crippen LogP contribution in [0.2, 0.25) is 0 Å². The van der Waals surface area contributed by atoms with E-state index in [4.69, 9.17) is 18.9 Å². The smallest absolute Gasteiger partial charge is 0.274 e. The fourth-order valence-corrected chi connectivity index (χ4v) is 0.731. The molecule has 0 heterocycles. The quantitative estimate of drug-likeness (QED) is 0.449. The van der Waals surface area contributed by atoms with E-state index in [9.17, 15) is 0 Å². The molecule has 4 nitrogen and oxygen atoms in total. The molecule has 0 atom stereocenters. The number of hydrogen-bond acceptors (Lipinski definition) is 4. The summed E-state index contributed by atoms with van der Waals surface area (Å²) in [5, 5.41) is 0. The van der Waals surface area contributed by atoms with Gasteiger partial charge in [0.1, 0.15) is 0 Å². The van der Waals surface area contributed by atoms with Gasteiger partial charge >= 0.3 is 0 Å². The van der Waals surface area contributed by atoms with Crippen LogP contribution in [0.1, 0.15) is 6.42 Å². The van der Waals surface area contributed by atoms with Crippen molar-refractivity contribution in [3.8, 4) is 0 Å². The van der Waals surface area contributed by atoms with Gasteiger partial charge in [0.25, 0.3) is 5.95 Å². The van der Waals surface area contributed by atoms with Crippen molar-refractivity contribution >= 4 is 0 Å². The number of rotatable bonds is 6. The van der Waals surface area contributed by atoms with E-state index < -0.39 is 0 Å². The molecule has 0 aromatic carbocycles. The summed E-state index contributed by atoms with van der Waals surface area (Å²) < 4.78 is 19.7. The Bertz CT molecular complexity index is 123. The first-order valence-corrected chi connectivity index (χ1v) is 3.62. The molecule has 0 fully saturated rings. The van der Waals surface area contributed by atoms with E-state index in [0.29, 0.717) is 12.4 Å². The van der Waals surface area contributed by atoms with Gasteiger partial charge in [-0.05, 0) is 0 Å². The van der Waals surface area contributed by atoms with Crippen molar-refractivity contribution in [1.29, 1.82) is 0 Å².